The van der Waals surface area contributed by atoms with Crippen LogP contribution in [0.5, 0.6) is 0 Å². The van der Waals surface area contributed by atoms with Crippen molar-refractivity contribution in [1.29, 1.82) is 0 Å². The van der Waals surface area contributed by atoms with Crippen LogP contribution >= 0.6 is 0 Å². The average molecular weight is 241 g/mol. The number of nitrogens with one attached hydrogen (secondary N) is 1. The Labute approximate surface area is 102 Å². The molecule has 0 aliphatic carbocycles. The van der Waals surface area contributed by atoms with Gasteiger partial charge in [-0.2, -0.15) is 5.10 Å². The number of hydrogen-bond acceptors (Lipinski definition) is 3. The minimum atomic E-state index is -0.455. The first-order valence-electron chi connectivity index (χ1n) is 5.46. The van der Waals surface area contributed by atoms with E-state index in [0.29, 0.717) is 5.56 Å². The van der Waals surface area contributed by atoms with Crippen LogP contribution in [-0.4, -0.2) is 25.7 Å². The first kappa shape index (κ1) is 10.5. The first-order chi connectivity index (χ1) is 8.66. The number of H-pyrrole nitrogens is 1. The van der Waals surface area contributed by atoms with Crippen molar-refractivity contribution >= 4 is 16.9 Å². The van der Waals surface area contributed by atoms with Crippen molar-refractivity contribution in [2.24, 2.45) is 5.73 Å². The second-order valence-corrected chi connectivity index (χ2v) is 3.99. The second kappa shape index (κ2) is 3.69. The molecule has 90 valence electrons. The van der Waals surface area contributed by atoms with Gasteiger partial charge in [-0.1, -0.05) is 0 Å². The summed E-state index contributed by atoms with van der Waals surface area (Å²) in [6.45, 7) is 1.89. The van der Waals surface area contributed by atoms with Crippen molar-refractivity contribution in [2.45, 2.75) is 6.92 Å². The van der Waals surface area contributed by atoms with Gasteiger partial charge in [-0.05, 0) is 25.1 Å². The lowest BCUT2D eigenvalue weighted by Crippen LogP contribution is -2.10. The van der Waals surface area contributed by atoms with E-state index in [2.05, 4.69) is 15.2 Å². The summed E-state index contributed by atoms with van der Waals surface area (Å²) in [5.41, 5.74) is 7.33. The monoisotopic (exact) mass is 241 g/mol. The van der Waals surface area contributed by atoms with Crippen LogP contribution in [-0.2, 0) is 0 Å². The van der Waals surface area contributed by atoms with E-state index in [1.54, 1.807) is 18.3 Å². The van der Waals surface area contributed by atoms with E-state index in [1.165, 1.54) is 0 Å². The summed E-state index contributed by atoms with van der Waals surface area (Å²) < 4.78 is 1.91. The molecular weight excluding hydrogens is 230 g/mol. The highest BCUT2D eigenvalue weighted by Gasteiger charge is 2.12. The molecule has 0 spiro atoms. The molecule has 0 unspecified atom stereocenters. The fourth-order valence-corrected chi connectivity index (χ4v) is 2.02. The van der Waals surface area contributed by atoms with Crippen molar-refractivity contribution in [3.05, 3.63) is 41.9 Å². The number of carbonyl (C=O) groups excluding carboxylic acids is 1. The van der Waals surface area contributed by atoms with E-state index in [1.807, 2.05) is 23.6 Å². The van der Waals surface area contributed by atoms with Gasteiger partial charge in [0.1, 0.15) is 5.82 Å². The van der Waals surface area contributed by atoms with Crippen molar-refractivity contribution in [3.63, 3.8) is 0 Å². The molecule has 0 atom stereocenters. The van der Waals surface area contributed by atoms with Crippen LogP contribution < -0.4 is 5.73 Å². The van der Waals surface area contributed by atoms with E-state index < -0.39 is 5.91 Å². The lowest BCUT2D eigenvalue weighted by Gasteiger charge is -2.02. The van der Waals surface area contributed by atoms with Gasteiger partial charge in [0, 0.05) is 17.8 Å². The Morgan fingerprint density at radius 2 is 2.22 bits per heavy atom. The summed E-state index contributed by atoms with van der Waals surface area (Å²) in [4.78, 5) is 15.5. The fourth-order valence-electron chi connectivity index (χ4n) is 2.02. The van der Waals surface area contributed by atoms with Crippen LogP contribution in [0.1, 0.15) is 16.2 Å². The number of primary amides is 1. The number of nitrogens with zero attached hydrogens (tertiary/aromatic N) is 3. The van der Waals surface area contributed by atoms with Crippen LogP contribution in [0.4, 0.5) is 0 Å². The molecule has 3 N–H and O–H groups in total. The SMILES string of the molecule is Cc1nc2cc(C(N)=O)ccc2n1-c1cc[nH]n1. The van der Waals surface area contributed by atoms with Gasteiger partial charge < -0.3 is 5.73 Å². The van der Waals surface area contributed by atoms with Crippen LogP contribution in [0.25, 0.3) is 16.9 Å². The van der Waals surface area contributed by atoms with Gasteiger partial charge in [-0.15, -0.1) is 0 Å². The number of amides is 1. The number of hydrogen-bond donors (Lipinski definition) is 2. The van der Waals surface area contributed by atoms with Gasteiger partial charge in [0.05, 0.1) is 11.0 Å². The number of nitrogens with two attached hydrogens (primary N) is 1. The van der Waals surface area contributed by atoms with Crippen LogP contribution in [0.2, 0.25) is 0 Å². The molecule has 1 aromatic carbocycles. The number of aryl methyl sites for hydroxylation is 1. The summed E-state index contributed by atoms with van der Waals surface area (Å²) in [6, 6.07) is 7.06. The molecule has 6 heteroatoms. The summed E-state index contributed by atoms with van der Waals surface area (Å²) >= 11 is 0. The van der Waals surface area contributed by atoms with Crippen molar-refractivity contribution in [2.75, 3.05) is 0 Å². The molecule has 1 amide bonds. The Morgan fingerprint density at radius 1 is 1.39 bits per heavy atom. The van der Waals surface area contributed by atoms with E-state index in [0.717, 1.165) is 22.7 Å². The molecule has 0 saturated carbocycles. The molecule has 0 radical (unpaired) electrons. The maximum absolute atomic E-state index is 11.1. The Balaban J connectivity index is 2.28. The molecule has 0 aliphatic rings. The van der Waals surface area contributed by atoms with Gasteiger partial charge in [0.2, 0.25) is 5.91 Å². The lowest BCUT2D eigenvalue weighted by atomic mass is 10.2. The van der Waals surface area contributed by atoms with E-state index in [9.17, 15) is 4.79 Å². The van der Waals surface area contributed by atoms with Gasteiger partial charge in [0.15, 0.2) is 5.82 Å². The summed E-state index contributed by atoms with van der Waals surface area (Å²) in [5.74, 6) is 1.12. The molecule has 6 nitrogen and oxygen atoms in total. The molecule has 0 saturated heterocycles. The van der Waals surface area contributed by atoms with Crippen LogP contribution in [0, 0.1) is 6.92 Å². The van der Waals surface area contributed by atoms with Gasteiger partial charge in [-0.3, -0.25) is 14.5 Å². The third-order valence-corrected chi connectivity index (χ3v) is 2.82. The smallest absolute Gasteiger partial charge is 0.248 e. The predicted molar refractivity (Wildman–Crippen MR) is 66.5 cm³/mol. The second-order valence-electron chi connectivity index (χ2n) is 3.99. The topological polar surface area (TPSA) is 89.6 Å². The first-order valence-corrected chi connectivity index (χ1v) is 5.46. The zero-order valence-corrected chi connectivity index (χ0v) is 9.71. The van der Waals surface area contributed by atoms with Crippen molar-refractivity contribution in [1.82, 2.24) is 19.7 Å². The fraction of sp³-hybridized carbons (Fsp3) is 0.0833. The number of imidazole rings is 1. The Kier molecular flexibility index (Phi) is 2.16. The molecule has 2 heterocycles. The molecule has 0 bridgehead atoms. The maximum Gasteiger partial charge on any atom is 0.248 e. The van der Waals surface area contributed by atoms with Crippen molar-refractivity contribution < 1.29 is 4.79 Å². The molecule has 3 aromatic rings. The summed E-state index contributed by atoms with van der Waals surface area (Å²) in [6.07, 6.45) is 1.75. The summed E-state index contributed by atoms with van der Waals surface area (Å²) in [7, 11) is 0. The average Bonchev–Trinajstić information content (AvgIpc) is 2.93. The third-order valence-electron chi connectivity index (χ3n) is 2.82. The van der Waals surface area contributed by atoms with E-state index >= 15 is 0 Å². The molecule has 18 heavy (non-hydrogen) atoms. The Bertz CT molecular complexity index is 726. The number of aromatic nitrogens is 4. The highest BCUT2D eigenvalue weighted by Crippen LogP contribution is 2.20. The molecule has 3 rings (SSSR count). The highest BCUT2D eigenvalue weighted by molar-refractivity contribution is 5.96. The van der Waals surface area contributed by atoms with Gasteiger partial charge in [-0.25, -0.2) is 4.98 Å². The zero-order valence-electron chi connectivity index (χ0n) is 9.71. The summed E-state index contributed by atoms with van der Waals surface area (Å²) in [5, 5.41) is 6.90. The van der Waals surface area contributed by atoms with Gasteiger partial charge in [0.25, 0.3) is 0 Å². The van der Waals surface area contributed by atoms with E-state index in [4.69, 9.17) is 5.73 Å². The Hall–Kier alpha value is -2.63. The lowest BCUT2D eigenvalue weighted by molar-refractivity contribution is 0.100. The largest absolute Gasteiger partial charge is 0.366 e. The maximum atomic E-state index is 11.1. The molecule has 0 fully saturated rings. The normalized spacial score (nSPS) is 10.9. The van der Waals surface area contributed by atoms with Crippen molar-refractivity contribution in [3.8, 4) is 5.82 Å². The molecule has 0 aliphatic heterocycles. The molecule has 2 aromatic heterocycles. The number of carbonyl (C=O) groups is 1. The van der Waals surface area contributed by atoms with Crippen LogP contribution in [0.15, 0.2) is 30.5 Å². The van der Waals surface area contributed by atoms with E-state index in [-0.39, 0.29) is 0 Å². The number of rotatable bonds is 2. The number of aromatic amines is 1. The molecular formula is C12H11N5O. The quantitative estimate of drug-likeness (QED) is 0.705. The Morgan fingerprint density at radius 3 is 2.89 bits per heavy atom. The number of benzene rings is 1. The highest BCUT2D eigenvalue weighted by atomic mass is 16.1. The zero-order chi connectivity index (χ0) is 12.7. The minimum absolute atomic E-state index is 0.453. The standard InChI is InChI=1S/C12H11N5O/c1-7-15-9-6-8(12(13)18)2-3-10(9)17(7)11-4-5-14-16-11/h2-6H,1H3,(H2,13,18)(H,14,16). The van der Waals surface area contributed by atoms with Crippen LogP contribution in [0.3, 0.4) is 0 Å². The number of fused-ring (bicyclic) bond motifs is 1. The third kappa shape index (κ3) is 1.46. The predicted octanol–water partition coefficient (Wildman–Crippen LogP) is 1.16. The van der Waals surface area contributed by atoms with Gasteiger partial charge >= 0.3 is 0 Å². The minimum Gasteiger partial charge on any atom is -0.366 e.